The fraction of sp³-hybridized carbons (Fsp3) is 0.250. The quantitative estimate of drug-likeness (QED) is 0.848. The van der Waals surface area contributed by atoms with Crippen molar-refractivity contribution in [2.24, 2.45) is 0 Å². The van der Waals surface area contributed by atoms with Crippen LogP contribution in [0.4, 0.5) is 11.4 Å². The van der Waals surface area contributed by atoms with E-state index in [0.29, 0.717) is 6.61 Å². The van der Waals surface area contributed by atoms with E-state index in [1.54, 1.807) is 7.11 Å². The van der Waals surface area contributed by atoms with E-state index in [2.05, 4.69) is 9.62 Å². The summed E-state index contributed by atoms with van der Waals surface area (Å²) >= 11 is -2.25. The van der Waals surface area contributed by atoms with E-state index >= 15 is 0 Å². The van der Waals surface area contributed by atoms with Gasteiger partial charge in [0.25, 0.3) is 0 Å². The molecule has 0 saturated heterocycles. The van der Waals surface area contributed by atoms with Gasteiger partial charge in [0, 0.05) is 29.6 Å². The van der Waals surface area contributed by atoms with E-state index in [4.69, 9.17) is 9.47 Å². The molecule has 2 aromatic carbocycles. The largest absolute Gasteiger partial charge is 0.760 e. The summed E-state index contributed by atoms with van der Waals surface area (Å²) in [5.41, 5.74) is 2.93. The third kappa shape index (κ3) is 3.64. The van der Waals surface area contributed by atoms with Gasteiger partial charge in [0.1, 0.15) is 18.1 Å². The van der Waals surface area contributed by atoms with Crippen molar-refractivity contribution in [3.8, 4) is 11.5 Å². The zero-order valence-corrected chi connectivity index (χ0v) is 13.5. The second-order valence-corrected chi connectivity index (χ2v) is 5.81. The second-order valence-electron chi connectivity index (χ2n) is 5.06. The summed E-state index contributed by atoms with van der Waals surface area (Å²) in [4.78, 5) is 2.17. The topological polar surface area (TPSA) is 73.9 Å². The first-order valence-corrected chi connectivity index (χ1v) is 8.25. The molecule has 1 aliphatic rings. The van der Waals surface area contributed by atoms with Crippen LogP contribution in [0.2, 0.25) is 0 Å². The third-order valence-electron chi connectivity index (χ3n) is 3.67. The molecule has 3 rings (SSSR count). The first-order valence-electron chi connectivity index (χ1n) is 7.17. The summed E-state index contributed by atoms with van der Waals surface area (Å²) in [7, 11) is 1.63. The highest BCUT2D eigenvalue weighted by Crippen LogP contribution is 2.38. The lowest BCUT2D eigenvalue weighted by Crippen LogP contribution is -2.28. The van der Waals surface area contributed by atoms with Crippen molar-refractivity contribution in [2.75, 3.05) is 25.2 Å². The van der Waals surface area contributed by atoms with Gasteiger partial charge in [-0.15, -0.1) is 0 Å². The monoisotopic (exact) mass is 333 g/mol. The molecule has 1 unspecified atom stereocenters. The van der Waals surface area contributed by atoms with Gasteiger partial charge < -0.3 is 18.9 Å². The van der Waals surface area contributed by atoms with Gasteiger partial charge in [0.2, 0.25) is 0 Å². The molecule has 0 aromatic heterocycles. The van der Waals surface area contributed by atoms with E-state index in [1.165, 1.54) is 0 Å². The van der Waals surface area contributed by atoms with Crippen LogP contribution < -0.4 is 19.1 Å². The summed E-state index contributed by atoms with van der Waals surface area (Å²) in [6.07, 6.45) is 0. The summed E-state index contributed by atoms with van der Waals surface area (Å²) in [5.74, 6) is 1.56. The number of hydrogen-bond donors (Lipinski definition) is 1. The number of anilines is 2. The number of nitrogens with zero attached hydrogens (tertiary/aromatic N) is 1. The van der Waals surface area contributed by atoms with Gasteiger partial charge in [-0.2, -0.15) is 0 Å². The highest BCUT2D eigenvalue weighted by atomic mass is 32.2. The van der Waals surface area contributed by atoms with Crippen LogP contribution in [0.5, 0.6) is 11.5 Å². The maximum atomic E-state index is 10.5. The van der Waals surface area contributed by atoms with Crippen LogP contribution in [-0.4, -0.2) is 29.0 Å². The zero-order valence-electron chi connectivity index (χ0n) is 12.7. The molecule has 1 heterocycles. The lowest BCUT2D eigenvalue weighted by molar-refractivity contribution is 0.311. The van der Waals surface area contributed by atoms with Gasteiger partial charge in [-0.25, -0.2) is 4.72 Å². The molecular formula is C16H17N2O4S-. The Bertz CT molecular complexity index is 706. The van der Waals surface area contributed by atoms with Crippen LogP contribution >= 0.6 is 0 Å². The molecule has 6 nitrogen and oxygen atoms in total. The van der Waals surface area contributed by atoms with Crippen LogP contribution in [0, 0.1) is 0 Å². The standard InChI is InChI=1S/C16H18N2O4S/c1-21-14-6-7-15-16(10-14)22-9-8-18(15)13-4-2-12(3-5-13)11-17-23(19)20/h2-7,10,17H,8-9,11H2,1H3,(H,19,20)/p-1. The summed E-state index contributed by atoms with van der Waals surface area (Å²) in [5, 5.41) is 0. The molecule has 0 bridgehead atoms. The van der Waals surface area contributed by atoms with Crippen molar-refractivity contribution < 1.29 is 18.2 Å². The van der Waals surface area contributed by atoms with E-state index in [9.17, 15) is 8.76 Å². The number of nitrogens with one attached hydrogen (secondary N) is 1. The van der Waals surface area contributed by atoms with Gasteiger partial charge in [-0.05, 0) is 29.8 Å². The molecule has 1 N–H and O–H groups in total. The van der Waals surface area contributed by atoms with Crippen molar-refractivity contribution in [3.05, 3.63) is 48.0 Å². The number of hydrogen-bond acceptors (Lipinski definition) is 5. The second kappa shape index (κ2) is 6.99. The van der Waals surface area contributed by atoms with Crippen LogP contribution in [0.25, 0.3) is 0 Å². The molecule has 1 atom stereocenters. The van der Waals surface area contributed by atoms with Crippen LogP contribution in [-0.2, 0) is 17.8 Å². The Morgan fingerprint density at radius 3 is 2.78 bits per heavy atom. The zero-order chi connectivity index (χ0) is 16.2. The molecule has 2 aromatic rings. The summed E-state index contributed by atoms with van der Waals surface area (Å²) in [6.45, 7) is 1.63. The Labute approximate surface area is 137 Å². The van der Waals surface area contributed by atoms with Gasteiger partial charge in [0.15, 0.2) is 0 Å². The molecule has 0 spiro atoms. The molecule has 23 heavy (non-hydrogen) atoms. The average molecular weight is 333 g/mol. The number of methoxy groups -OCH3 is 1. The highest BCUT2D eigenvalue weighted by molar-refractivity contribution is 7.77. The molecule has 0 radical (unpaired) electrons. The van der Waals surface area contributed by atoms with E-state index in [1.807, 2.05) is 42.5 Å². The molecule has 0 fully saturated rings. The van der Waals surface area contributed by atoms with Crippen molar-refractivity contribution >= 4 is 22.6 Å². The Hall–Kier alpha value is -2.09. The molecular weight excluding hydrogens is 316 g/mol. The van der Waals surface area contributed by atoms with Gasteiger partial charge in [0.05, 0.1) is 19.3 Å². The predicted octanol–water partition coefficient (Wildman–Crippen LogP) is 2.11. The van der Waals surface area contributed by atoms with Crippen molar-refractivity contribution in [3.63, 3.8) is 0 Å². The highest BCUT2D eigenvalue weighted by Gasteiger charge is 2.20. The minimum Gasteiger partial charge on any atom is -0.760 e. The molecule has 0 amide bonds. The number of rotatable bonds is 5. The normalized spacial score (nSPS) is 14.8. The molecule has 0 aliphatic carbocycles. The van der Waals surface area contributed by atoms with Gasteiger partial charge in [-0.1, -0.05) is 12.1 Å². The lowest BCUT2D eigenvalue weighted by atomic mass is 10.1. The average Bonchev–Trinajstić information content (AvgIpc) is 2.59. The molecule has 1 aliphatic heterocycles. The molecule has 7 heteroatoms. The van der Waals surface area contributed by atoms with Crippen molar-refractivity contribution in [1.29, 1.82) is 0 Å². The Kier molecular flexibility index (Phi) is 4.80. The lowest BCUT2D eigenvalue weighted by Gasteiger charge is -2.31. The minimum absolute atomic E-state index is 0.285. The van der Waals surface area contributed by atoms with E-state index in [-0.39, 0.29) is 6.54 Å². The number of fused-ring (bicyclic) bond motifs is 1. The van der Waals surface area contributed by atoms with E-state index < -0.39 is 11.3 Å². The van der Waals surface area contributed by atoms with Crippen LogP contribution in [0.15, 0.2) is 42.5 Å². The van der Waals surface area contributed by atoms with Crippen LogP contribution in [0.1, 0.15) is 5.56 Å². The van der Waals surface area contributed by atoms with Crippen molar-refractivity contribution in [1.82, 2.24) is 4.72 Å². The van der Waals surface area contributed by atoms with Gasteiger partial charge >= 0.3 is 0 Å². The van der Waals surface area contributed by atoms with Gasteiger partial charge in [-0.3, -0.25) is 4.21 Å². The fourth-order valence-electron chi connectivity index (χ4n) is 2.53. The predicted molar refractivity (Wildman–Crippen MR) is 87.7 cm³/mol. The maximum Gasteiger partial charge on any atom is 0.146 e. The minimum atomic E-state index is -2.25. The first kappa shape index (κ1) is 15.8. The number of ether oxygens (including phenoxy) is 2. The molecule has 0 saturated carbocycles. The molecule has 122 valence electrons. The summed E-state index contributed by atoms with van der Waals surface area (Å²) < 4.78 is 34.4. The Balaban J connectivity index is 1.81. The smallest absolute Gasteiger partial charge is 0.146 e. The van der Waals surface area contributed by atoms with Crippen LogP contribution in [0.3, 0.4) is 0 Å². The Morgan fingerprint density at radius 2 is 2.09 bits per heavy atom. The number of benzene rings is 2. The maximum absolute atomic E-state index is 10.5. The SMILES string of the molecule is COc1ccc2c(c1)OCCN2c1ccc(CNS(=O)[O-])cc1. The first-order chi connectivity index (χ1) is 11.2. The van der Waals surface area contributed by atoms with Crippen molar-refractivity contribution in [2.45, 2.75) is 6.54 Å². The Morgan fingerprint density at radius 1 is 1.30 bits per heavy atom. The third-order valence-corrected chi connectivity index (χ3v) is 4.05. The van der Waals surface area contributed by atoms with E-state index in [0.717, 1.165) is 35.0 Å². The summed E-state index contributed by atoms with van der Waals surface area (Å²) in [6, 6.07) is 13.5. The fourth-order valence-corrected chi connectivity index (χ4v) is 2.82.